The molecule has 1 aromatic carbocycles. The maximum atomic E-state index is 11.8. The lowest BCUT2D eigenvalue weighted by molar-refractivity contribution is -0.153. The van der Waals surface area contributed by atoms with Gasteiger partial charge in [-0.3, -0.25) is 4.79 Å². The van der Waals surface area contributed by atoms with Crippen molar-refractivity contribution in [3.8, 4) is 0 Å². The van der Waals surface area contributed by atoms with E-state index >= 15 is 0 Å². The summed E-state index contributed by atoms with van der Waals surface area (Å²) in [7, 11) is 0. The third kappa shape index (κ3) is 3.58. The predicted octanol–water partition coefficient (Wildman–Crippen LogP) is 3.38. The highest BCUT2D eigenvalue weighted by atomic mass is 16.5. The summed E-state index contributed by atoms with van der Waals surface area (Å²) in [6, 6.07) is 8.28. The molecular formula is C15H22O2. The SMILES string of the molecule is CCOC(=O)C(C)(C)Cc1ccccc1CC. The molecule has 0 heterocycles. The van der Waals surface area contributed by atoms with Crippen LogP contribution in [0, 0.1) is 5.41 Å². The number of esters is 1. The maximum absolute atomic E-state index is 11.8. The second kappa shape index (κ2) is 5.85. The third-order valence-electron chi connectivity index (χ3n) is 2.96. The van der Waals surface area contributed by atoms with E-state index in [9.17, 15) is 4.79 Å². The fourth-order valence-electron chi connectivity index (χ4n) is 1.95. The minimum absolute atomic E-state index is 0.120. The average Bonchev–Trinajstić information content (AvgIpc) is 2.29. The molecule has 94 valence electrons. The Morgan fingerprint density at radius 3 is 2.29 bits per heavy atom. The maximum Gasteiger partial charge on any atom is 0.311 e. The van der Waals surface area contributed by atoms with Gasteiger partial charge < -0.3 is 4.74 Å². The first kappa shape index (κ1) is 13.8. The van der Waals surface area contributed by atoms with Gasteiger partial charge in [0.2, 0.25) is 0 Å². The summed E-state index contributed by atoms with van der Waals surface area (Å²) in [5.41, 5.74) is 2.10. The number of benzene rings is 1. The standard InChI is InChI=1S/C15H22O2/c1-5-12-9-7-8-10-13(12)11-15(3,4)14(16)17-6-2/h7-10H,5-6,11H2,1-4H3. The highest BCUT2D eigenvalue weighted by molar-refractivity contribution is 5.76. The minimum atomic E-state index is -0.457. The van der Waals surface area contributed by atoms with E-state index in [4.69, 9.17) is 4.74 Å². The molecule has 0 saturated heterocycles. The largest absolute Gasteiger partial charge is 0.466 e. The Kier molecular flexibility index (Phi) is 4.73. The van der Waals surface area contributed by atoms with Crippen LogP contribution in [0.1, 0.15) is 38.8 Å². The van der Waals surface area contributed by atoms with E-state index in [1.807, 2.05) is 32.9 Å². The zero-order chi connectivity index (χ0) is 12.9. The first-order valence-electron chi connectivity index (χ1n) is 6.25. The predicted molar refractivity (Wildman–Crippen MR) is 69.9 cm³/mol. The Labute approximate surface area is 104 Å². The molecule has 0 bridgehead atoms. The van der Waals surface area contributed by atoms with E-state index in [0.717, 1.165) is 12.8 Å². The molecule has 17 heavy (non-hydrogen) atoms. The molecule has 0 aromatic heterocycles. The molecule has 0 unspecified atom stereocenters. The molecule has 1 rings (SSSR count). The first-order valence-corrected chi connectivity index (χ1v) is 6.25. The highest BCUT2D eigenvalue weighted by Gasteiger charge is 2.29. The van der Waals surface area contributed by atoms with Crippen molar-refractivity contribution in [3.05, 3.63) is 35.4 Å². The van der Waals surface area contributed by atoms with Crippen LogP contribution in [0.4, 0.5) is 0 Å². The van der Waals surface area contributed by atoms with Gasteiger partial charge in [-0.25, -0.2) is 0 Å². The van der Waals surface area contributed by atoms with Crippen LogP contribution in [0.15, 0.2) is 24.3 Å². The fourth-order valence-corrected chi connectivity index (χ4v) is 1.95. The Morgan fingerprint density at radius 2 is 1.76 bits per heavy atom. The Balaban J connectivity index is 2.85. The van der Waals surface area contributed by atoms with Crippen LogP contribution in [0.25, 0.3) is 0 Å². The van der Waals surface area contributed by atoms with Gasteiger partial charge in [0.1, 0.15) is 0 Å². The number of hydrogen-bond acceptors (Lipinski definition) is 2. The number of rotatable bonds is 5. The van der Waals surface area contributed by atoms with Gasteiger partial charge in [-0.2, -0.15) is 0 Å². The molecule has 0 radical (unpaired) electrons. The Hall–Kier alpha value is -1.31. The number of carbonyl (C=O) groups is 1. The van der Waals surface area contributed by atoms with Crippen molar-refractivity contribution in [3.63, 3.8) is 0 Å². The van der Waals surface area contributed by atoms with Crippen LogP contribution in [-0.2, 0) is 22.4 Å². The summed E-state index contributed by atoms with van der Waals surface area (Å²) in [4.78, 5) is 11.8. The molecule has 0 saturated carbocycles. The van der Waals surface area contributed by atoms with Gasteiger partial charge in [-0.15, -0.1) is 0 Å². The van der Waals surface area contributed by atoms with E-state index in [-0.39, 0.29) is 5.97 Å². The lowest BCUT2D eigenvalue weighted by atomic mass is 9.84. The molecular weight excluding hydrogens is 212 g/mol. The van der Waals surface area contributed by atoms with E-state index in [0.29, 0.717) is 6.61 Å². The van der Waals surface area contributed by atoms with Crippen LogP contribution in [0.5, 0.6) is 0 Å². The number of hydrogen-bond donors (Lipinski definition) is 0. The van der Waals surface area contributed by atoms with Crippen molar-refractivity contribution in [2.45, 2.75) is 40.5 Å². The molecule has 0 spiro atoms. The number of aryl methyl sites for hydroxylation is 1. The van der Waals surface area contributed by atoms with Gasteiger partial charge in [0.15, 0.2) is 0 Å². The summed E-state index contributed by atoms with van der Waals surface area (Å²) in [5.74, 6) is -0.120. The van der Waals surface area contributed by atoms with Crippen molar-refractivity contribution < 1.29 is 9.53 Å². The van der Waals surface area contributed by atoms with Crippen LogP contribution in [0.3, 0.4) is 0 Å². The van der Waals surface area contributed by atoms with Crippen LogP contribution in [0.2, 0.25) is 0 Å². The molecule has 0 N–H and O–H groups in total. The number of ether oxygens (including phenoxy) is 1. The van der Waals surface area contributed by atoms with Crippen molar-refractivity contribution in [2.75, 3.05) is 6.61 Å². The Bertz CT molecular complexity index is 380. The summed E-state index contributed by atoms with van der Waals surface area (Å²) in [6.45, 7) is 8.30. The lowest BCUT2D eigenvalue weighted by Gasteiger charge is -2.23. The van der Waals surface area contributed by atoms with Gasteiger partial charge in [0.05, 0.1) is 12.0 Å². The highest BCUT2D eigenvalue weighted by Crippen LogP contribution is 2.25. The second-order valence-corrected chi connectivity index (χ2v) is 4.90. The average molecular weight is 234 g/mol. The van der Waals surface area contributed by atoms with Gasteiger partial charge in [-0.1, -0.05) is 31.2 Å². The first-order chi connectivity index (χ1) is 8.01. The lowest BCUT2D eigenvalue weighted by Crippen LogP contribution is -2.29. The van der Waals surface area contributed by atoms with Crippen LogP contribution in [-0.4, -0.2) is 12.6 Å². The van der Waals surface area contributed by atoms with Crippen molar-refractivity contribution in [2.24, 2.45) is 5.41 Å². The Morgan fingerprint density at radius 1 is 1.18 bits per heavy atom. The van der Waals surface area contributed by atoms with Gasteiger partial charge in [0.25, 0.3) is 0 Å². The van der Waals surface area contributed by atoms with E-state index < -0.39 is 5.41 Å². The zero-order valence-electron chi connectivity index (χ0n) is 11.2. The molecule has 2 heteroatoms. The molecule has 0 aliphatic rings. The molecule has 0 aliphatic heterocycles. The fraction of sp³-hybridized carbons (Fsp3) is 0.533. The molecule has 0 atom stereocenters. The van der Waals surface area contributed by atoms with E-state index in [1.165, 1.54) is 11.1 Å². The van der Waals surface area contributed by atoms with Crippen LogP contribution >= 0.6 is 0 Å². The smallest absolute Gasteiger partial charge is 0.311 e. The molecule has 0 fully saturated rings. The second-order valence-electron chi connectivity index (χ2n) is 4.90. The monoisotopic (exact) mass is 234 g/mol. The summed E-state index contributed by atoms with van der Waals surface area (Å²) in [6.07, 6.45) is 1.73. The molecule has 2 nitrogen and oxygen atoms in total. The summed E-state index contributed by atoms with van der Waals surface area (Å²) in [5, 5.41) is 0. The van der Waals surface area contributed by atoms with Crippen molar-refractivity contribution in [1.82, 2.24) is 0 Å². The normalized spacial score (nSPS) is 11.3. The van der Waals surface area contributed by atoms with Crippen LogP contribution < -0.4 is 0 Å². The van der Waals surface area contributed by atoms with E-state index in [1.54, 1.807) is 0 Å². The van der Waals surface area contributed by atoms with Crippen molar-refractivity contribution in [1.29, 1.82) is 0 Å². The molecule has 0 amide bonds. The molecule has 1 aromatic rings. The van der Waals surface area contributed by atoms with Gasteiger partial charge in [-0.05, 0) is 44.7 Å². The minimum Gasteiger partial charge on any atom is -0.466 e. The molecule has 0 aliphatic carbocycles. The van der Waals surface area contributed by atoms with Gasteiger partial charge >= 0.3 is 5.97 Å². The van der Waals surface area contributed by atoms with E-state index in [2.05, 4.69) is 19.1 Å². The van der Waals surface area contributed by atoms with Gasteiger partial charge in [0, 0.05) is 0 Å². The zero-order valence-corrected chi connectivity index (χ0v) is 11.2. The summed E-state index contributed by atoms with van der Waals surface area (Å²) >= 11 is 0. The third-order valence-corrected chi connectivity index (χ3v) is 2.96. The number of carbonyl (C=O) groups excluding carboxylic acids is 1. The summed E-state index contributed by atoms with van der Waals surface area (Å²) < 4.78 is 5.11. The van der Waals surface area contributed by atoms with Crippen molar-refractivity contribution >= 4 is 5.97 Å². The quantitative estimate of drug-likeness (QED) is 0.730. The topological polar surface area (TPSA) is 26.3 Å².